The second-order valence-electron chi connectivity index (χ2n) is 5.15. The summed E-state index contributed by atoms with van der Waals surface area (Å²) in [5.74, 6) is -0.246. The Kier molecular flexibility index (Phi) is 3.89. The van der Waals surface area contributed by atoms with Gasteiger partial charge in [-0.25, -0.2) is 4.79 Å². The zero-order valence-electron chi connectivity index (χ0n) is 12.5. The lowest BCUT2D eigenvalue weighted by Gasteiger charge is -2.18. The third-order valence-electron chi connectivity index (χ3n) is 3.54. The van der Waals surface area contributed by atoms with E-state index in [9.17, 15) is 9.59 Å². The van der Waals surface area contributed by atoms with Crippen molar-refractivity contribution in [2.45, 2.75) is 6.92 Å². The number of carbonyl (C=O) groups is 2. The molecular formula is C17H15NO5. The number of amides is 1. The zero-order valence-corrected chi connectivity index (χ0v) is 12.5. The lowest BCUT2D eigenvalue weighted by molar-refractivity contribution is 0.0696. The number of carboxylic acid groups (broad SMARTS) is 1. The molecule has 118 valence electrons. The molecule has 3 rings (SSSR count). The van der Waals surface area contributed by atoms with Gasteiger partial charge in [0, 0.05) is 11.3 Å². The number of carboxylic acids is 1. The topological polar surface area (TPSA) is 84.9 Å². The van der Waals surface area contributed by atoms with E-state index in [0.717, 1.165) is 5.56 Å². The molecule has 2 aromatic rings. The predicted molar refractivity (Wildman–Crippen MR) is 83.5 cm³/mol. The standard InChI is InChI=1S/C17H15NO5/c1-10-2-3-12(17(20)21)8-13(10)18-16(19)11-4-5-14-15(9-11)23-7-6-22-14/h2-5,8-9H,6-7H2,1H3,(H,18,19)(H,20,21). The van der Waals surface area contributed by atoms with E-state index in [2.05, 4.69) is 5.32 Å². The molecule has 0 spiro atoms. The molecule has 2 N–H and O–H groups in total. The Morgan fingerprint density at radius 2 is 1.70 bits per heavy atom. The van der Waals surface area contributed by atoms with Gasteiger partial charge in [-0.3, -0.25) is 4.79 Å². The van der Waals surface area contributed by atoms with Crippen LogP contribution in [-0.4, -0.2) is 30.2 Å². The Bertz CT molecular complexity index is 785. The molecule has 23 heavy (non-hydrogen) atoms. The molecule has 1 amide bonds. The van der Waals surface area contributed by atoms with E-state index in [4.69, 9.17) is 14.6 Å². The molecule has 0 bridgehead atoms. The molecule has 0 radical (unpaired) electrons. The van der Waals surface area contributed by atoms with Crippen LogP contribution in [0.15, 0.2) is 36.4 Å². The fourth-order valence-corrected chi connectivity index (χ4v) is 2.27. The van der Waals surface area contributed by atoms with Crippen LogP contribution in [0.25, 0.3) is 0 Å². The van der Waals surface area contributed by atoms with Crippen LogP contribution < -0.4 is 14.8 Å². The summed E-state index contributed by atoms with van der Waals surface area (Å²) in [5.41, 5.74) is 1.77. The molecule has 0 aliphatic carbocycles. The van der Waals surface area contributed by atoms with Gasteiger partial charge in [0.2, 0.25) is 0 Å². The SMILES string of the molecule is Cc1ccc(C(=O)O)cc1NC(=O)c1ccc2c(c1)OCCO2. The number of aromatic carboxylic acids is 1. The van der Waals surface area contributed by atoms with Gasteiger partial charge >= 0.3 is 5.97 Å². The lowest BCUT2D eigenvalue weighted by Crippen LogP contribution is -2.17. The molecule has 0 fully saturated rings. The van der Waals surface area contributed by atoms with Crippen molar-refractivity contribution in [1.82, 2.24) is 0 Å². The van der Waals surface area contributed by atoms with Crippen molar-refractivity contribution in [2.24, 2.45) is 0 Å². The van der Waals surface area contributed by atoms with E-state index in [-0.39, 0.29) is 11.5 Å². The first-order chi connectivity index (χ1) is 11.0. The number of fused-ring (bicyclic) bond motifs is 1. The van der Waals surface area contributed by atoms with E-state index in [1.807, 2.05) is 0 Å². The molecule has 0 unspecified atom stereocenters. The monoisotopic (exact) mass is 313 g/mol. The number of benzene rings is 2. The average Bonchev–Trinajstić information content (AvgIpc) is 2.56. The van der Waals surface area contributed by atoms with Crippen molar-refractivity contribution in [3.63, 3.8) is 0 Å². The Morgan fingerprint density at radius 3 is 2.43 bits per heavy atom. The van der Waals surface area contributed by atoms with Crippen molar-refractivity contribution in [1.29, 1.82) is 0 Å². The number of carbonyl (C=O) groups excluding carboxylic acids is 1. The summed E-state index contributed by atoms with van der Waals surface area (Å²) in [6.07, 6.45) is 0. The summed E-state index contributed by atoms with van der Waals surface area (Å²) in [4.78, 5) is 23.4. The van der Waals surface area contributed by atoms with Gasteiger partial charge in [0.25, 0.3) is 5.91 Å². The van der Waals surface area contributed by atoms with Crippen molar-refractivity contribution in [2.75, 3.05) is 18.5 Å². The number of nitrogens with one attached hydrogen (secondary N) is 1. The Hall–Kier alpha value is -3.02. The molecule has 0 saturated carbocycles. The maximum Gasteiger partial charge on any atom is 0.335 e. The lowest BCUT2D eigenvalue weighted by atomic mass is 10.1. The zero-order chi connectivity index (χ0) is 16.4. The molecule has 1 heterocycles. The summed E-state index contributed by atoms with van der Waals surface area (Å²) in [5, 5.41) is 11.8. The Balaban J connectivity index is 1.84. The second-order valence-corrected chi connectivity index (χ2v) is 5.15. The van der Waals surface area contributed by atoms with E-state index in [1.165, 1.54) is 12.1 Å². The van der Waals surface area contributed by atoms with Gasteiger partial charge in [-0.15, -0.1) is 0 Å². The molecular weight excluding hydrogens is 298 g/mol. The van der Waals surface area contributed by atoms with E-state index in [0.29, 0.717) is 36.0 Å². The van der Waals surface area contributed by atoms with Crippen LogP contribution >= 0.6 is 0 Å². The Labute approximate surface area is 132 Å². The number of hydrogen-bond donors (Lipinski definition) is 2. The van der Waals surface area contributed by atoms with Gasteiger partial charge in [0.1, 0.15) is 13.2 Å². The fourth-order valence-electron chi connectivity index (χ4n) is 2.27. The van der Waals surface area contributed by atoms with Crippen LogP contribution in [0.4, 0.5) is 5.69 Å². The van der Waals surface area contributed by atoms with Gasteiger partial charge in [0.15, 0.2) is 11.5 Å². The predicted octanol–water partition coefficient (Wildman–Crippen LogP) is 2.72. The van der Waals surface area contributed by atoms with E-state index < -0.39 is 5.97 Å². The normalized spacial score (nSPS) is 12.6. The van der Waals surface area contributed by atoms with Gasteiger partial charge in [0.05, 0.1) is 5.56 Å². The number of aryl methyl sites for hydroxylation is 1. The highest BCUT2D eigenvalue weighted by atomic mass is 16.6. The van der Waals surface area contributed by atoms with Crippen LogP contribution in [0.1, 0.15) is 26.3 Å². The van der Waals surface area contributed by atoms with Crippen LogP contribution in [-0.2, 0) is 0 Å². The second kappa shape index (κ2) is 6.00. The number of ether oxygens (including phenoxy) is 2. The number of anilines is 1. The summed E-state index contributed by atoms with van der Waals surface area (Å²) in [6.45, 7) is 2.72. The van der Waals surface area contributed by atoms with Crippen molar-refractivity contribution in [3.05, 3.63) is 53.1 Å². The molecule has 6 nitrogen and oxygen atoms in total. The van der Waals surface area contributed by atoms with Crippen molar-refractivity contribution < 1.29 is 24.2 Å². The van der Waals surface area contributed by atoms with Gasteiger partial charge < -0.3 is 19.9 Å². The third-order valence-corrected chi connectivity index (χ3v) is 3.54. The van der Waals surface area contributed by atoms with Gasteiger partial charge in [-0.2, -0.15) is 0 Å². The fraction of sp³-hybridized carbons (Fsp3) is 0.176. The van der Waals surface area contributed by atoms with Crippen LogP contribution in [0.5, 0.6) is 11.5 Å². The maximum absolute atomic E-state index is 12.4. The molecule has 0 aromatic heterocycles. The van der Waals surface area contributed by atoms with E-state index in [1.54, 1.807) is 31.2 Å². The van der Waals surface area contributed by atoms with Crippen LogP contribution in [0, 0.1) is 6.92 Å². The average molecular weight is 313 g/mol. The summed E-state index contributed by atoms with van der Waals surface area (Å²) in [6, 6.07) is 9.53. The highest BCUT2D eigenvalue weighted by Gasteiger charge is 2.16. The molecule has 2 aromatic carbocycles. The number of hydrogen-bond acceptors (Lipinski definition) is 4. The molecule has 6 heteroatoms. The van der Waals surface area contributed by atoms with E-state index >= 15 is 0 Å². The maximum atomic E-state index is 12.4. The smallest absolute Gasteiger partial charge is 0.335 e. The highest BCUT2D eigenvalue weighted by Crippen LogP contribution is 2.31. The molecule has 1 aliphatic heterocycles. The summed E-state index contributed by atoms with van der Waals surface area (Å²) in [7, 11) is 0. The minimum atomic E-state index is -1.04. The van der Waals surface area contributed by atoms with Crippen LogP contribution in [0.3, 0.4) is 0 Å². The van der Waals surface area contributed by atoms with Gasteiger partial charge in [-0.05, 0) is 42.8 Å². The molecule has 0 saturated heterocycles. The first-order valence-electron chi connectivity index (χ1n) is 7.09. The first kappa shape index (κ1) is 14.9. The van der Waals surface area contributed by atoms with Gasteiger partial charge in [-0.1, -0.05) is 6.07 Å². The summed E-state index contributed by atoms with van der Waals surface area (Å²) >= 11 is 0. The highest BCUT2D eigenvalue weighted by molar-refractivity contribution is 6.05. The van der Waals surface area contributed by atoms with Crippen LogP contribution in [0.2, 0.25) is 0 Å². The van der Waals surface area contributed by atoms with Crippen molar-refractivity contribution in [3.8, 4) is 11.5 Å². The molecule has 1 aliphatic rings. The minimum Gasteiger partial charge on any atom is -0.486 e. The quantitative estimate of drug-likeness (QED) is 0.910. The number of rotatable bonds is 3. The summed E-state index contributed by atoms with van der Waals surface area (Å²) < 4.78 is 10.9. The Morgan fingerprint density at radius 1 is 1.00 bits per heavy atom. The minimum absolute atomic E-state index is 0.119. The molecule has 0 atom stereocenters. The van der Waals surface area contributed by atoms with Crippen molar-refractivity contribution >= 4 is 17.6 Å². The largest absolute Gasteiger partial charge is 0.486 e. The first-order valence-corrected chi connectivity index (χ1v) is 7.09. The third kappa shape index (κ3) is 3.11.